The van der Waals surface area contributed by atoms with Gasteiger partial charge in [0, 0.05) is 11.6 Å². The summed E-state index contributed by atoms with van der Waals surface area (Å²) in [4.78, 5) is 25.3. The number of fused-ring (bicyclic) bond motifs is 2. The lowest BCUT2D eigenvalue weighted by Crippen LogP contribution is -2.15. The van der Waals surface area contributed by atoms with E-state index in [1.54, 1.807) is 30.5 Å². The minimum atomic E-state index is -1.25. The maximum absolute atomic E-state index is 12.1. The van der Waals surface area contributed by atoms with Gasteiger partial charge in [0.2, 0.25) is 5.88 Å². The number of aromatic nitrogens is 3. The van der Waals surface area contributed by atoms with Crippen LogP contribution in [0, 0.1) is 11.3 Å². The van der Waals surface area contributed by atoms with Gasteiger partial charge in [-0.3, -0.25) is 9.78 Å². The van der Waals surface area contributed by atoms with Crippen molar-refractivity contribution in [3.8, 4) is 17.7 Å². The van der Waals surface area contributed by atoms with Crippen molar-refractivity contribution < 1.29 is 14.3 Å². The molecule has 0 unspecified atom stereocenters. The van der Waals surface area contributed by atoms with Gasteiger partial charge in [0.05, 0.1) is 29.7 Å². The van der Waals surface area contributed by atoms with Gasteiger partial charge in [0.25, 0.3) is 0 Å². The third-order valence-corrected chi connectivity index (χ3v) is 4.19. The number of hydrogen-bond donors (Lipinski definition) is 0. The van der Waals surface area contributed by atoms with Crippen molar-refractivity contribution in [1.29, 1.82) is 5.26 Å². The SMILES string of the molecule is COC(=O)[C@H](C#N)c1nc2ccccc2nc1Oc1ccc2ncccc2c1. The number of benzene rings is 2. The number of pyridine rings is 1. The molecule has 0 saturated heterocycles. The van der Waals surface area contributed by atoms with Crippen LogP contribution < -0.4 is 4.74 Å². The molecule has 0 radical (unpaired) electrons. The Balaban J connectivity index is 1.84. The average molecular weight is 370 g/mol. The summed E-state index contributed by atoms with van der Waals surface area (Å²) in [6.07, 6.45) is 1.71. The summed E-state index contributed by atoms with van der Waals surface area (Å²) in [5.41, 5.74) is 2.07. The van der Waals surface area contributed by atoms with Gasteiger partial charge in [-0.15, -0.1) is 0 Å². The Hall–Kier alpha value is -4.05. The topological polar surface area (TPSA) is 98.0 Å². The van der Waals surface area contributed by atoms with E-state index >= 15 is 0 Å². The van der Waals surface area contributed by atoms with Crippen LogP contribution in [0.3, 0.4) is 0 Å². The molecule has 7 nitrogen and oxygen atoms in total. The van der Waals surface area contributed by atoms with Crippen LogP contribution in [0.1, 0.15) is 11.6 Å². The van der Waals surface area contributed by atoms with Gasteiger partial charge in [-0.2, -0.15) is 5.26 Å². The lowest BCUT2D eigenvalue weighted by atomic mass is 10.1. The monoisotopic (exact) mass is 370 g/mol. The van der Waals surface area contributed by atoms with Gasteiger partial charge in [-0.05, 0) is 36.4 Å². The van der Waals surface area contributed by atoms with Gasteiger partial charge >= 0.3 is 5.97 Å². The van der Waals surface area contributed by atoms with E-state index in [1.807, 2.05) is 36.4 Å². The van der Waals surface area contributed by atoms with Gasteiger partial charge in [-0.25, -0.2) is 9.97 Å². The normalized spacial score (nSPS) is 11.7. The van der Waals surface area contributed by atoms with Crippen LogP contribution >= 0.6 is 0 Å². The van der Waals surface area contributed by atoms with E-state index in [9.17, 15) is 10.1 Å². The Morgan fingerprint density at radius 1 is 1.04 bits per heavy atom. The molecule has 0 bridgehead atoms. The minimum Gasteiger partial charge on any atom is -0.468 e. The zero-order valence-electron chi connectivity index (χ0n) is 14.9. The van der Waals surface area contributed by atoms with Gasteiger partial charge in [-0.1, -0.05) is 18.2 Å². The zero-order chi connectivity index (χ0) is 19.5. The molecule has 136 valence electrons. The third-order valence-electron chi connectivity index (χ3n) is 4.19. The number of ether oxygens (including phenoxy) is 2. The highest BCUT2D eigenvalue weighted by atomic mass is 16.5. The van der Waals surface area contributed by atoms with Crippen molar-refractivity contribution in [3.63, 3.8) is 0 Å². The van der Waals surface area contributed by atoms with E-state index in [0.29, 0.717) is 16.8 Å². The second kappa shape index (κ2) is 7.29. The molecule has 0 aliphatic carbocycles. The van der Waals surface area contributed by atoms with Crippen LogP contribution in [0.2, 0.25) is 0 Å². The second-order valence-electron chi connectivity index (χ2n) is 5.95. The van der Waals surface area contributed by atoms with Crippen LogP contribution in [0.15, 0.2) is 60.8 Å². The summed E-state index contributed by atoms with van der Waals surface area (Å²) in [6, 6.07) is 18.2. The molecule has 2 heterocycles. The number of rotatable bonds is 4. The fraction of sp³-hybridized carbons (Fsp3) is 0.0952. The van der Waals surface area contributed by atoms with Crippen LogP contribution in [0.4, 0.5) is 0 Å². The number of hydrogen-bond acceptors (Lipinski definition) is 7. The number of esters is 1. The molecule has 2 aromatic heterocycles. The van der Waals surface area contributed by atoms with Crippen LogP contribution in [0.5, 0.6) is 11.6 Å². The highest BCUT2D eigenvalue weighted by Crippen LogP contribution is 2.31. The van der Waals surface area contributed by atoms with E-state index < -0.39 is 11.9 Å². The first-order chi connectivity index (χ1) is 13.7. The first-order valence-electron chi connectivity index (χ1n) is 8.46. The van der Waals surface area contributed by atoms with Crippen molar-refractivity contribution in [1.82, 2.24) is 15.0 Å². The van der Waals surface area contributed by atoms with Crippen molar-refractivity contribution in [2.75, 3.05) is 7.11 Å². The quantitative estimate of drug-likeness (QED) is 0.505. The molecule has 4 rings (SSSR count). The lowest BCUT2D eigenvalue weighted by molar-refractivity contribution is -0.141. The molecular weight excluding hydrogens is 356 g/mol. The summed E-state index contributed by atoms with van der Waals surface area (Å²) >= 11 is 0. The molecule has 0 N–H and O–H groups in total. The molecule has 1 atom stereocenters. The molecule has 0 spiro atoms. The highest BCUT2D eigenvalue weighted by Gasteiger charge is 2.28. The number of methoxy groups -OCH3 is 1. The third kappa shape index (κ3) is 3.19. The van der Waals surface area contributed by atoms with Crippen molar-refractivity contribution >= 4 is 27.9 Å². The maximum atomic E-state index is 12.1. The average Bonchev–Trinajstić information content (AvgIpc) is 2.74. The summed E-state index contributed by atoms with van der Waals surface area (Å²) < 4.78 is 10.7. The Bertz CT molecular complexity index is 1230. The summed E-state index contributed by atoms with van der Waals surface area (Å²) in [5.74, 6) is -1.40. The van der Waals surface area contributed by atoms with Crippen LogP contribution in [-0.4, -0.2) is 28.0 Å². The molecule has 7 heteroatoms. The number of carbonyl (C=O) groups excluding carboxylic acids is 1. The van der Waals surface area contributed by atoms with Crippen molar-refractivity contribution in [3.05, 3.63) is 66.5 Å². The van der Waals surface area contributed by atoms with Gasteiger partial charge in [0.15, 0.2) is 5.92 Å². The fourth-order valence-corrected chi connectivity index (χ4v) is 2.83. The summed E-state index contributed by atoms with van der Waals surface area (Å²) in [7, 11) is 1.22. The largest absolute Gasteiger partial charge is 0.468 e. The Labute approximate surface area is 160 Å². The predicted octanol–water partition coefficient (Wildman–Crippen LogP) is 3.75. The van der Waals surface area contributed by atoms with Gasteiger partial charge < -0.3 is 9.47 Å². The molecule has 4 aromatic rings. The summed E-state index contributed by atoms with van der Waals surface area (Å²) in [5, 5.41) is 10.4. The van der Waals surface area contributed by atoms with Crippen molar-refractivity contribution in [2.24, 2.45) is 0 Å². The molecule has 0 fully saturated rings. The number of para-hydroxylation sites is 2. The fourth-order valence-electron chi connectivity index (χ4n) is 2.83. The Morgan fingerprint density at radius 2 is 1.82 bits per heavy atom. The molecular formula is C21H14N4O3. The van der Waals surface area contributed by atoms with Crippen LogP contribution in [0.25, 0.3) is 21.9 Å². The highest BCUT2D eigenvalue weighted by molar-refractivity contribution is 5.83. The maximum Gasteiger partial charge on any atom is 0.329 e. The lowest BCUT2D eigenvalue weighted by Gasteiger charge is -2.13. The molecule has 0 aliphatic heterocycles. The van der Waals surface area contributed by atoms with Crippen molar-refractivity contribution in [2.45, 2.75) is 5.92 Å². The standard InChI is InChI=1S/C21H14N4O3/c1-27-21(26)15(12-22)19-20(25-18-7-3-2-6-17(18)24-19)28-14-8-9-16-13(11-14)5-4-10-23-16/h2-11,15H,1H3/t15-/m1/s1. The minimum absolute atomic E-state index is 0.0823. The van der Waals surface area contributed by atoms with E-state index in [2.05, 4.69) is 15.0 Å². The molecule has 0 aliphatic rings. The van der Waals surface area contributed by atoms with E-state index in [0.717, 1.165) is 10.9 Å². The second-order valence-corrected chi connectivity index (χ2v) is 5.95. The van der Waals surface area contributed by atoms with E-state index in [-0.39, 0.29) is 11.6 Å². The van der Waals surface area contributed by atoms with Gasteiger partial charge in [0.1, 0.15) is 11.4 Å². The predicted molar refractivity (Wildman–Crippen MR) is 102 cm³/mol. The molecule has 2 aromatic carbocycles. The first kappa shape index (κ1) is 17.4. The summed E-state index contributed by atoms with van der Waals surface area (Å²) in [6.45, 7) is 0. The van der Waals surface area contributed by atoms with E-state index in [1.165, 1.54) is 7.11 Å². The number of carbonyl (C=O) groups is 1. The molecule has 0 amide bonds. The Kier molecular flexibility index (Phi) is 4.52. The van der Waals surface area contributed by atoms with E-state index in [4.69, 9.17) is 9.47 Å². The number of nitriles is 1. The number of nitrogens with zero attached hydrogens (tertiary/aromatic N) is 4. The first-order valence-corrected chi connectivity index (χ1v) is 8.46. The Morgan fingerprint density at radius 3 is 2.57 bits per heavy atom. The smallest absolute Gasteiger partial charge is 0.329 e. The zero-order valence-corrected chi connectivity index (χ0v) is 14.9. The molecule has 28 heavy (non-hydrogen) atoms. The van der Waals surface area contributed by atoms with Crippen LogP contribution in [-0.2, 0) is 9.53 Å². The molecule has 0 saturated carbocycles.